The first kappa shape index (κ1) is 18.4. The van der Waals surface area contributed by atoms with Crippen molar-refractivity contribution in [3.05, 3.63) is 44.5 Å². The third-order valence-electron chi connectivity index (χ3n) is 4.37. The number of aromatic nitrogens is 2. The fraction of sp³-hybridized carbons (Fsp3) is 0.368. The number of fused-ring (bicyclic) bond motifs is 3. The Hall–Kier alpha value is -1.01. The van der Waals surface area contributed by atoms with Crippen LogP contribution >= 0.6 is 46.3 Å². The Morgan fingerprint density at radius 2 is 2.04 bits per heavy atom. The molecule has 1 aromatic carbocycles. The average molecular weight is 425 g/mol. The lowest BCUT2D eigenvalue weighted by molar-refractivity contribution is 0.344. The zero-order valence-corrected chi connectivity index (χ0v) is 17.5. The number of halogens is 2. The number of hydrogen-bond donors (Lipinski definition) is 0. The van der Waals surface area contributed by atoms with Crippen LogP contribution in [0, 0.1) is 6.92 Å². The van der Waals surface area contributed by atoms with E-state index in [1.165, 1.54) is 35.1 Å². The number of thioether (sulfide) groups is 1. The summed E-state index contributed by atoms with van der Waals surface area (Å²) in [5, 5.41) is 3.50. The van der Waals surface area contributed by atoms with E-state index in [1.54, 1.807) is 30.0 Å². The molecular formula is C19H18Cl2N2OS2. The number of aryl methyl sites for hydroxylation is 3. The fourth-order valence-corrected chi connectivity index (χ4v) is 5.97. The molecule has 0 saturated carbocycles. The molecule has 0 radical (unpaired) electrons. The smallest absolute Gasteiger partial charge is 0.138 e. The minimum Gasteiger partial charge on any atom is -0.491 e. The van der Waals surface area contributed by atoms with Crippen LogP contribution in [0.2, 0.25) is 10.0 Å². The van der Waals surface area contributed by atoms with E-state index in [0.717, 1.165) is 27.9 Å². The zero-order valence-electron chi connectivity index (χ0n) is 14.3. The Morgan fingerprint density at radius 3 is 2.88 bits per heavy atom. The van der Waals surface area contributed by atoms with Crippen LogP contribution in [-0.4, -0.2) is 22.3 Å². The lowest BCUT2D eigenvalue weighted by Gasteiger charge is -2.12. The highest BCUT2D eigenvalue weighted by molar-refractivity contribution is 7.99. The van der Waals surface area contributed by atoms with Gasteiger partial charge < -0.3 is 4.74 Å². The van der Waals surface area contributed by atoms with Crippen LogP contribution in [-0.2, 0) is 12.8 Å². The molecule has 0 aliphatic heterocycles. The number of thiophene rings is 1. The van der Waals surface area contributed by atoms with E-state index in [-0.39, 0.29) is 0 Å². The van der Waals surface area contributed by atoms with Gasteiger partial charge in [-0.15, -0.1) is 23.1 Å². The van der Waals surface area contributed by atoms with Crippen LogP contribution in [0.1, 0.15) is 29.1 Å². The van der Waals surface area contributed by atoms with Gasteiger partial charge in [0.15, 0.2) is 0 Å². The van der Waals surface area contributed by atoms with Crippen molar-refractivity contribution in [3.8, 4) is 5.75 Å². The van der Waals surface area contributed by atoms with Gasteiger partial charge in [-0.2, -0.15) is 0 Å². The largest absolute Gasteiger partial charge is 0.491 e. The number of nitrogens with zero attached hydrogens (tertiary/aromatic N) is 2. The molecule has 0 saturated heterocycles. The molecule has 3 nitrogen and oxygen atoms in total. The van der Waals surface area contributed by atoms with Gasteiger partial charge in [-0.1, -0.05) is 23.2 Å². The molecule has 0 amide bonds. The molecule has 2 aromatic heterocycles. The molecule has 136 valence electrons. The lowest BCUT2D eigenvalue weighted by atomic mass is 9.97. The standard InChI is InChI=1S/C19H18Cl2N2OS2/c1-11-22-18(17-13-4-2-3-5-16(13)26-19(17)23-11)25-9-8-24-15-7-6-12(20)10-14(15)21/h6-7,10H,2-5,8-9H2,1H3. The molecular weight excluding hydrogens is 407 g/mol. The number of hydrogen-bond acceptors (Lipinski definition) is 5. The van der Waals surface area contributed by atoms with Crippen LogP contribution in [0.25, 0.3) is 10.2 Å². The molecule has 0 spiro atoms. The molecule has 26 heavy (non-hydrogen) atoms. The van der Waals surface area contributed by atoms with Crippen molar-refractivity contribution >= 4 is 56.5 Å². The predicted octanol–water partition coefficient (Wildman–Crippen LogP) is 6.36. The fourth-order valence-electron chi connectivity index (χ4n) is 3.21. The van der Waals surface area contributed by atoms with Gasteiger partial charge in [0.05, 0.1) is 11.6 Å². The van der Waals surface area contributed by atoms with E-state index in [4.69, 9.17) is 32.9 Å². The quantitative estimate of drug-likeness (QED) is 0.271. The second kappa shape index (κ2) is 7.93. The molecule has 0 unspecified atom stereocenters. The van der Waals surface area contributed by atoms with Crippen molar-refractivity contribution in [1.82, 2.24) is 9.97 Å². The van der Waals surface area contributed by atoms with Gasteiger partial charge in [0, 0.05) is 21.0 Å². The first-order chi connectivity index (χ1) is 12.6. The summed E-state index contributed by atoms with van der Waals surface area (Å²) in [6, 6.07) is 5.28. The minimum atomic E-state index is 0.537. The van der Waals surface area contributed by atoms with Gasteiger partial charge in [-0.05, 0) is 56.4 Å². The normalized spacial score (nSPS) is 13.8. The van der Waals surface area contributed by atoms with Crippen LogP contribution in [0.3, 0.4) is 0 Å². The second-order valence-electron chi connectivity index (χ2n) is 6.24. The molecule has 1 aliphatic carbocycles. The maximum absolute atomic E-state index is 6.15. The SMILES string of the molecule is Cc1nc(SCCOc2ccc(Cl)cc2Cl)c2c3c(sc2n1)CCCC3. The lowest BCUT2D eigenvalue weighted by Crippen LogP contribution is -2.03. The monoisotopic (exact) mass is 424 g/mol. The van der Waals surface area contributed by atoms with Gasteiger partial charge in [0.2, 0.25) is 0 Å². The number of rotatable bonds is 5. The molecule has 1 aliphatic rings. The Bertz CT molecular complexity index is 958. The molecule has 4 rings (SSSR count). The van der Waals surface area contributed by atoms with E-state index in [2.05, 4.69) is 4.98 Å². The van der Waals surface area contributed by atoms with Gasteiger partial charge in [0.1, 0.15) is 21.4 Å². The summed E-state index contributed by atoms with van der Waals surface area (Å²) in [7, 11) is 0. The first-order valence-corrected chi connectivity index (χ1v) is 11.2. The van der Waals surface area contributed by atoms with Gasteiger partial charge >= 0.3 is 0 Å². The molecule has 0 atom stereocenters. The molecule has 0 fully saturated rings. The van der Waals surface area contributed by atoms with Gasteiger partial charge in [-0.3, -0.25) is 0 Å². The Morgan fingerprint density at radius 1 is 1.19 bits per heavy atom. The van der Waals surface area contributed by atoms with E-state index < -0.39 is 0 Å². The maximum atomic E-state index is 6.15. The first-order valence-electron chi connectivity index (χ1n) is 8.61. The molecule has 7 heteroatoms. The summed E-state index contributed by atoms with van der Waals surface area (Å²) < 4.78 is 5.80. The van der Waals surface area contributed by atoms with Crippen LogP contribution in [0.5, 0.6) is 5.75 Å². The van der Waals surface area contributed by atoms with E-state index in [0.29, 0.717) is 22.4 Å². The third-order valence-corrected chi connectivity index (χ3v) is 7.02. The maximum Gasteiger partial charge on any atom is 0.138 e. The number of ether oxygens (including phenoxy) is 1. The Balaban J connectivity index is 1.49. The highest BCUT2D eigenvalue weighted by atomic mass is 35.5. The van der Waals surface area contributed by atoms with Crippen molar-refractivity contribution < 1.29 is 4.74 Å². The van der Waals surface area contributed by atoms with Crippen LogP contribution in [0.4, 0.5) is 0 Å². The van der Waals surface area contributed by atoms with Crippen molar-refractivity contribution in [2.45, 2.75) is 37.6 Å². The van der Waals surface area contributed by atoms with E-state index in [1.807, 2.05) is 18.3 Å². The zero-order chi connectivity index (χ0) is 18.1. The highest BCUT2D eigenvalue weighted by Crippen LogP contribution is 2.39. The Labute approximate surface area is 171 Å². The molecule has 3 aromatic rings. The van der Waals surface area contributed by atoms with Crippen molar-refractivity contribution in [2.24, 2.45) is 0 Å². The summed E-state index contributed by atoms with van der Waals surface area (Å²) in [5.74, 6) is 2.30. The van der Waals surface area contributed by atoms with Gasteiger partial charge in [-0.25, -0.2) is 9.97 Å². The van der Waals surface area contributed by atoms with E-state index >= 15 is 0 Å². The topological polar surface area (TPSA) is 35.0 Å². The summed E-state index contributed by atoms with van der Waals surface area (Å²) >= 11 is 15.6. The van der Waals surface area contributed by atoms with E-state index in [9.17, 15) is 0 Å². The summed E-state index contributed by atoms with van der Waals surface area (Å²) in [6.45, 7) is 2.52. The van der Waals surface area contributed by atoms with Crippen LogP contribution < -0.4 is 4.74 Å². The highest BCUT2D eigenvalue weighted by Gasteiger charge is 2.20. The summed E-state index contributed by atoms with van der Waals surface area (Å²) in [5.41, 5.74) is 1.47. The second-order valence-corrected chi connectivity index (χ2v) is 9.25. The summed E-state index contributed by atoms with van der Waals surface area (Å²) in [6.07, 6.45) is 4.86. The summed E-state index contributed by atoms with van der Waals surface area (Å²) in [4.78, 5) is 12.0. The third kappa shape index (κ3) is 3.81. The van der Waals surface area contributed by atoms with Crippen LogP contribution in [0.15, 0.2) is 23.2 Å². The molecule has 0 N–H and O–H groups in total. The Kier molecular flexibility index (Phi) is 5.60. The molecule has 0 bridgehead atoms. The molecule has 2 heterocycles. The van der Waals surface area contributed by atoms with Crippen molar-refractivity contribution in [2.75, 3.05) is 12.4 Å². The average Bonchev–Trinajstić information content (AvgIpc) is 2.98. The number of benzene rings is 1. The van der Waals surface area contributed by atoms with Crippen molar-refractivity contribution in [3.63, 3.8) is 0 Å². The predicted molar refractivity (Wildman–Crippen MR) is 111 cm³/mol. The van der Waals surface area contributed by atoms with Crippen molar-refractivity contribution in [1.29, 1.82) is 0 Å². The minimum absolute atomic E-state index is 0.537. The van der Waals surface area contributed by atoms with Gasteiger partial charge in [0.25, 0.3) is 0 Å².